The molecule has 0 saturated carbocycles. The molecule has 0 aliphatic carbocycles. The number of benzene rings is 2. The Balaban J connectivity index is 1.35. The molecule has 8 nitrogen and oxygen atoms in total. The molecule has 8 heteroatoms. The van der Waals surface area contributed by atoms with E-state index in [2.05, 4.69) is 17.1 Å². The zero-order valence-corrected chi connectivity index (χ0v) is 18.8. The second kappa shape index (κ2) is 9.85. The average Bonchev–Trinajstić information content (AvgIpc) is 2.85. The lowest BCUT2D eigenvalue weighted by molar-refractivity contribution is -0.132. The number of H-pyrrole nitrogens is 1. The second-order valence-corrected chi connectivity index (χ2v) is 8.25. The van der Waals surface area contributed by atoms with Crippen LogP contribution in [0.4, 0.5) is 0 Å². The molecule has 0 radical (unpaired) electrons. The Kier molecular flexibility index (Phi) is 6.72. The average molecular weight is 449 g/mol. The number of piperazine rings is 1. The SMILES string of the molecule is CCn1c(=O)c(=O)[nH]c2cc(C(=O)N3CCN(C(=O)CCCc4ccccc4)CC3)ccc21. The second-order valence-electron chi connectivity index (χ2n) is 8.25. The van der Waals surface area contributed by atoms with Gasteiger partial charge >= 0.3 is 11.1 Å². The number of amides is 2. The van der Waals surface area contributed by atoms with Crippen LogP contribution in [0, 0.1) is 0 Å². The predicted molar refractivity (Wildman–Crippen MR) is 126 cm³/mol. The molecule has 1 fully saturated rings. The minimum atomic E-state index is -0.701. The Hall–Kier alpha value is -3.68. The third-order valence-electron chi connectivity index (χ3n) is 6.16. The molecule has 0 spiro atoms. The Morgan fingerprint density at radius 3 is 2.33 bits per heavy atom. The molecule has 0 bridgehead atoms. The van der Waals surface area contributed by atoms with E-state index >= 15 is 0 Å². The Bertz CT molecular complexity index is 1270. The Labute approximate surface area is 191 Å². The van der Waals surface area contributed by atoms with Crippen LogP contribution in [0.1, 0.15) is 35.7 Å². The lowest BCUT2D eigenvalue weighted by Gasteiger charge is -2.35. The van der Waals surface area contributed by atoms with E-state index in [4.69, 9.17) is 0 Å². The molecule has 4 rings (SSSR count). The summed E-state index contributed by atoms with van der Waals surface area (Å²) < 4.78 is 1.39. The fourth-order valence-electron chi connectivity index (χ4n) is 4.31. The zero-order valence-electron chi connectivity index (χ0n) is 18.8. The van der Waals surface area contributed by atoms with Crippen molar-refractivity contribution in [2.45, 2.75) is 32.7 Å². The largest absolute Gasteiger partial charge is 0.339 e. The van der Waals surface area contributed by atoms with Crippen LogP contribution < -0.4 is 11.1 Å². The maximum absolute atomic E-state index is 13.0. The van der Waals surface area contributed by atoms with Crippen LogP contribution in [0.2, 0.25) is 0 Å². The fraction of sp³-hybridized carbons (Fsp3) is 0.360. The van der Waals surface area contributed by atoms with Crippen LogP contribution >= 0.6 is 0 Å². The van der Waals surface area contributed by atoms with Gasteiger partial charge in [-0.05, 0) is 43.5 Å². The van der Waals surface area contributed by atoms with Crippen molar-refractivity contribution in [1.29, 1.82) is 0 Å². The summed E-state index contributed by atoms with van der Waals surface area (Å²) in [6, 6.07) is 15.1. The van der Waals surface area contributed by atoms with Crippen molar-refractivity contribution < 1.29 is 9.59 Å². The molecule has 3 aromatic rings. The van der Waals surface area contributed by atoms with Gasteiger partial charge in [-0.2, -0.15) is 0 Å². The van der Waals surface area contributed by atoms with Gasteiger partial charge in [-0.15, -0.1) is 0 Å². The number of carbonyl (C=O) groups excluding carboxylic acids is 2. The van der Waals surface area contributed by atoms with E-state index in [1.165, 1.54) is 10.1 Å². The van der Waals surface area contributed by atoms with Crippen molar-refractivity contribution in [3.63, 3.8) is 0 Å². The quantitative estimate of drug-likeness (QED) is 0.584. The summed E-state index contributed by atoms with van der Waals surface area (Å²) in [7, 11) is 0. The van der Waals surface area contributed by atoms with Crippen molar-refractivity contribution in [3.05, 3.63) is 80.4 Å². The monoisotopic (exact) mass is 448 g/mol. The molecule has 0 unspecified atom stereocenters. The third-order valence-corrected chi connectivity index (χ3v) is 6.16. The first-order valence-corrected chi connectivity index (χ1v) is 11.4. The molecule has 1 N–H and O–H groups in total. The lowest BCUT2D eigenvalue weighted by atomic mass is 10.1. The molecule has 33 heavy (non-hydrogen) atoms. The summed E-state index contributed by atoms with van der Waals surface area (Å²) in [6.45, 7) is 4.11. The van der Waals surface area contributed by atoms with Gasteiger partial charge in [-0.1, -0.05) is 30.3 Å². The maximum Gasteiger partial charge on any atom is 0.316 e. The maximum atomic E-state index is 13.0. The molecule has 2 aromatic carbocycles. The molecule has 172 valence electrons. The van der Waals surface area contributed by atoms with Gasteiger partial charge in [-0.25, -0.2) is 0 Å². The van der Waals surface area contributed by atoms with Gasteiger partial charge in [0.05, 0.1) is 11.0 Å². The van der Waals surface area contributed by atoms with Crippen LogP contribution in [0.3, 0.4) is 0 Å². The number of hydrogen-bond acceptors (Lipinski definition) is 4. The normalized spacial score (nSPS) is 14.0. The van der Waals surface area contributed by atoms with E-state index in [-0.39, 0.29) is 11.8 Å². The predicted octanol–water partition coefficient (Wildman–Crippen LogP) is 2.02. The van der Waals surface area contributed by atoms with Gasteiger partial charge in [0.2, 0.25) is 5.91 Å². The number of aryl methyl sites for hydroxylation is 2. The number of fused-ring (bicyclic) bond motifs is 1. The number of hydrogen-bond donors (Lipinski definition) is 1. The van der Waals surface area contributed by atoms with Crippen LogP contribution in [-0.4, -0.2) is 57.3 Å². The first-order valence-electron chi connectivity index (χ1n) is 11.4. The summed E-state index contributed by atoms with van der Waals surface area (Å²) in [5, 5.41) is 0. The van der Waals surface area contributed by atoms with E-state index in [1.54, 1.807) is 30.0 Å². The molecular formula is C25H28N4O4. The first-order chi connectivity index (χ1) is 16.0. The van der Waals surface area contributed by atoms with E-state index < -0.39 is 11.1 Å². The highest BCUT2D eigenvalue weighted by atomic mass is 16.2. The van der Waals surface area contributed by atoms with Crippen LogP contribution in [0.15, 0.2) is 58.1 Å². The summed E-state index contributed by atoms with van der Waals surface area (Å²) in [5.74, 6) is -0.0259. The number of nitrogens with zero attached hydrogens (tertiary/aromatic N) is 3. The van der Waals surface area contributed by atoms with E-state index in [1.807, 2.05) is 23.1 Å². The number of aromatic amines is 1. The van der Waals surface area contributed by atoms with Crippen molar-refractivity contribution in [2.24, 2.45) is 0 Å². The standard InChI is InChI=1S/C25H28N4O4/c1-2-29-21-12-11-19(17-20(21)26-23(31)25(29)33)24(32)28-15-13-27(14-16-28)22(30)10-6-9-18-7-4-3-5-8-18/h3-5,7-8,11-12,17H,2,6,9-10,13-16H2,1H3,(H,26,31). The highest BCUT2D eigenvalue weighted by Gasteiger charge is 2.25. The van der Waals surface area contributed by atoms with Gasteiger partial charge in [0.1, 0.15) is 0 Å². The van der Waals surface area contributed by atoms with Crippen molar-refractivity contribution in [3.8, 4) is 0 Å². The molecule has 1 aromatic heterocycles. The molecule has 1 saturated heterocycles. The molecular weight excluding hydrogens is 420 g/mol. The lowest BCUT2D eigenvalue weighted by Crippen LogP contribution is -2.50. The van der Waals surface area contributed by atoms with E-state index in [0.29, 0.717) is 55.7 Å². The molecule has 1 aliphatic heterocycles. The number of nitrogens with one attached hydrogen (secondary N) is 1. The fourth-order valence-corrected chi connectivity index (χ4v) is 4.31. The summed E-state index contributed by atoms with van der Waals surface area (Å²) in [6.07, 6.45) is 2.18. The van der Waals surface area contributed by atoms with Crippen LogP contribution in [-0.2, 0) is 17.8 Å². The van der Waals surface area contributed by atoms with Crippen molar-refractivity contribution in [1.82, 2.24) is 19.4 Å². The molecule has 2 heterocycles. The van der Waals surface area contributed by atoms with E-state index in [9.17, 15) is 19.2 Å². The molecule has 1 aliphatic rings. The minimum Gasteiger partial charge on any atom is -0.339 e. The smallest absolute Gasteiger partial charge is 0.316 e. The molecule has 2 amide bonds. The van der Waals surface area contributed by atoms with Gasteiger partial charge in [0.25, 0.3) is 5.91 Å². The van der Waals surface area contributed by atoms with Gasteiger partial charge in [0.15, 0.2) is 0 Å². The topological polar surface area (TPSA) is 95.5 Å². The highest BCUT2D eigenvalue weighted by Crippen LogP contribution is 2.16. The molecule has 0 atom stereocenters. The zero-order chi connectivity index (χ0) is 23.4. The number of aromatic nitrogens is 2. The minimum absolute atomic E-state index is 0.124. The first kappa shape index (κ1) is 22.5. The number of rotatable bonds is 6. The third kappa shape index (κ3) is 4.89. The van der Waals surface area contributed by atoms with Gasteiger partial charge in [0, 0.05) is 44.7 Å². The summed E-state index contributed by atoms with van der Waals surface area (Å²) >= 11 is 0. The van der Waals surface area contributed by atoms with Gasteiger partial charge < -0.3 is 19.4 Å². The summed E-state index contributed by atoms with van der Waals surface area (Å²) in [4.78, 5) is 55.6. The Morgan fingerprint density at radius 1 is 0.939 bits per heavy atom. The van der Waals surface area contributed by atoms with Crippen LogP contribution in [0.25, 0.3) is 11.0 Å². The van der Waals surface area contributed by atoms with Crippen LogP contribution in [0.5, 0.6) is 0 Å². The Morgan fingerprint density at radius 2 is 1.64 bits per heavy atom. The highest BCUT2D eigenvalue weighted by molar-refractivity contribution is 5.97. The summed E-state index contributed by atoms with van der Waals surface area (Å²) in [5.41, 5.74) is 1.42. The van der Waals surface area contributed by atoms with E-state index in [0.717, 1.165) is 12.8 Å². The van der Waals surface area contributed by atoms with Crippen molar-refractivity contribution in [2.75, 3.05) is 26.2 Å². The van der Waals surface area contributed by atoms with Gasteiger partial charge in [-0.3, -0.25) is 19.2 Å². The number of carbonyl (C=O) groups is 2. The van der Waals surface area contributed by atoms with Crippen molar-refractivity contribution >= 4 is 22.8 Å².